The van der Waals surface area contributed by atoms with Gasteiger partial charge in [0.25, 0.3) is 0 Å². The molecule has 6 heteroatoms. The number of carboxylic acid groups (broad SMARTS) is 1. The third-order valence-electron chi connectivity index (χ3n) is 2.29. The van der Waals surface area contributed by atoms with Crippen molar-refractivity contribution in [2.24, 2.45) is 5.41 Å². The average Bonchev–Trinajstić information content (AvgIpc) is 2.17. The molecule has 86 valence electrons. The van der Waals surface area contributed by atoms with E-state index in [1.165, 1.54) is 0 Å². The molecule has 0 rings (SSSR count). The molecule has 0 spiro atoms. The molecule has 1 amide bonds. The molecule has 0 unspecified atom stereocenters. The second-order valence-corrected chi connectivity index (χ2v) is 3.14. The van der Waals surface area contributed by atoms with Crippen molar-refractivity contribution in [2.45, 2.75) is 33.6 Å². The van der Waals surface area contributed by atoms with Crippen molar-refractivity contribution in [1.82, 2.24) is 5.48 Å². The van der Waals surface area contributed by atoms with Gasteiger partial charge in [0.05, 0.1) is 0 Å². The highest BCUT2D eigenvalue weighted by Gasteiger charge is 2.45. The summed E-state index contributed by atoms with van der Waals surface area (Å²) in [6.07, 6.45) is 0.217. The molecule has 0 atom stereocenters. The Hall–Kier alpha value is -1.59. The van der Waals surface area contributed by atoms with Crippen LogP contribution in [0.2, 0.25) is 0 Å². The highest BCUT2D eigenvalue weighted by atomic mass is 16.7. The van der Waals surface area contributed by atoms with Crippen LogP contribution >= 0.6 is 0 Å². The third kappa shape index (κ3) is 2.93. The Labute approximate surface area is 87.6 Å². The molecule has 0 saturated heterocycles. The molecule has 0 aliphatic rings. The molecule has 0 aliphatic carbocycles. The molecule has 2 N–H and O–H groups in total. The van der Waals surface area contributed by atoms with Crippen LogP contribution in [0.15, 0.2) is 0 Å². The van der Waals surface area contributed by atoms with Gasteiger partial charge in [0.2, 0.25) is 5.91 Å². The maximum absolute atomic E-state index is 11.5. The second-order valence-electron chi connectivity index (χ2n) is 3.14. The third-order valence-corrected chi connectivity index (χ3v) is 2.29. The molecule has 0 aliphatic heterocycles. The molecule has 0 aromatic heterocycles. The monoisotopic (exact) mass is 217 g/mol. The standard InChI is InChI=1S/C9H15NO5/c1-4-9(5-2,7(12)13)8(14)15-10-6(3)11/h4-5H2,1-3H3,(H,10,11)(H,12,13). The van der Waals surface area contributed by atoms with Crippen molar-refractivity contribution >= 4 is 17.8 Å². The van der Waals surface area contributed by atoms with E-state index < -0.39 is 23.3 Å². The van der Waals surface area contributed by atoms with E-state index in [0.717, 1.165) is 6.92 Å². The average molecular weight is 217 g/mol. The summed E-state index contributed by atoms with van der Waals surface area (Å²) in [5.74, 6) is -2.76. The number of carbonyl (C=O) groups excluding carboxylic acids is 2. The van der Waals surface area contributed by atoms with Crippen LogP contribution in [0, 0.1) is 5.41 Å². The fourth-order valence-corrected chi connectivity index (χ4v) is 1.14. The van der Waals surface area contributed by atoms with Gasteiger partial charge in [0.1, 0.15) is 0 Å². The minimum absolute atomic E-state index is 0.108. The van der Waals surface area contributed by atoms with Crippen LogP contribution in [0.3, 0.4) is 0 Å². The van der Waals surface area contributed by atoms with Gasteiger partial charge in [-0.25, -0.2) is 4.79 Å². The predicted octanol–water partition coefficient (Wildman–Crippen LogP) is 0.472. The van der Waals surface area contributed by atoms with Crippen molar-refractivity contribution in [3.63, 3.8) is 0 Å². The van der Waals surface area contributed by atoms with Gasteiger partial charge in [-0.2, -0.15) is 5.48 Å². The molecule has 15 heavy (non-hydrogen) atoms. The van der Waals surface area contributed by atoms with Crippen LogP contribution in [0.25, 0.3) is 0 Å². The lowest BCUT2D eigenvalue weighted by molar-refractivity contribution is -0.177. The quantitative estimate of drug-likeness (QED) is 0.527. The number of carboxylic acids is 1. The zero-order valence-electron chi connectivity index (χ0n) is 8.99. The first-order valence-electron chi connectivity index (χ1n) is 4.62. The zero-order chi connectivity index (χ0) is 12.1. The highest BCUT2D eigenvalue weighted by molar-refractivity contribution is 5.99. The van der Waals surface area contributed by atoms with Gasteiger partial charge >= 0.3 is 11.9 Å². The van der Waals surface area contributed by atoms with E-state index in [9.17, 15) is 14.4 Å². The normalized spacial score (nSPS) is 10.6. The molecule has 0 aromatic carbocycles. The summed E-state index contributed by atoms with van der Waals surface area (Å²) in [4.78, 5) is 37.3. The molecule has 0 saturated carbocycles. The first-order valence-corrected chi connectivity index (χ1v) is 4.62. The van der Waals surface area contributed by atoms with Crippen LogP contribution in [0.1, 0.15) is 33.6 Å². The molecule has 0 fully saturated rings. The summed E-state index contributed by atoms with van der Waals surface area (Å²) in [7, 11) is 0. The molecule has 0 bridgehead atoms. The molecular formula is C9H15NO5. The van der Waals surface area contributed by atoms with Gasteiger partial charge in [-0.3, -0.25) is 9.59 Å². The first-order chi connectivity index (χ1) is 6.90. The Morgan fingerprint density at radius 3 is 2.00 bits per heavy atom. The van der Waals surface area contributed by atoms with E-state index in [0.29, 0.717) is 0 Å². The van der Waals surface area contributed by atoms with Crippen LogP contribution in [-0.2, 0) is 19.2 Å². The smallest absolute Gasteiger partial charge is 0.349 e. The van der Waals surface area contributed by atoms with Crippen molar-refractivity contribution in [3.8, 4) is 0 Å². The number of hydroxylamine groups is 1. The highest BCUT2D eigenvalue weighted by Crippen LogP contribution is 2.28. The molecule has 6 nitrogen and oxygen atoms in total. The van der Waals surface area contributed by atoms with Crippen molar-refractivity contribution in [2.75, 3.05) is 0 Å². The maximum Gasteiger partial charge on any atom is 0.349 e. The topological polar surface area (TPSA) is 92.7 Å². The number of carbonyl (C=O) groups is 3. The first kappa shape index (κ1) is 13.4. The van der Waals surface area contributed by atoms with E-state index >= 15 is 0 Å². The van der Waals surface area contributed by atoms with E-state index in [1.54, 1.807) is 13.8 Å². The van der Waals surface area contributed by atoms with Crippen LogP contribution < -0.4 is 5.48 Å². The summed E-state index contributed by atoms with van der Waals surface area (Å²) in [5, 5.41) is 8.95. The Morgan fingerprint density at radius 2 is 1.73 bits per heavy atom. The fourth-order valence-electron chi connectivity index (χ4n) is 1.14. The van der Waals surface area contributed by atoms with E-state index in [2.05, 4.69) is 4.84 Å². The largest absolute Gasteiger partial charge is 0.480 e. The second kappa shape index (κ2) is 5.33. The van der Waals surface area contributed by atoms with Gasteiger partial charge in [-0.1, -0.05) is 13.8 Å². The minimum atomic E-state index is -1.58. The summed E-state index contributed by atoms with van der Waals surface area (Å²) >= 11 is 0. The van der Waals surface area contributed by atoms with E-state index in [1.807, 2.05) is 5.48 Å². The van der Waals surface area contributed by atoms with E-state index in [4.69, 9.17) is 5.11 Å². The van der Waals surface area contributed by atoms with Crippen LogP contribution in [0.5, 0.6) is 0 Å². The van der Waals surface area contributed by atoms with Gasteiger partial charge in [0.15, 0.2) is 5.41 Å². The molecule has 0 heterocycles. The number of aliphatic carboxylic acids is 1. The van der Waals surface area contributed by atoms with Crippen molar-refractivity contribution in [1.29, 1.82) is 0 Å². The zero-order valence-corrected chi connectivity index (χ0v) is 8.99. The fraction of sp³-hybridized carbons (Fsp3) is 0.667. The Bertz CT molecular complexity index is 270. The van der Waals surface area contributed by atoms with Gasteiger partial charge in [0, 0.05) is 6.92 Å². The number of hydrogen-bond donors (Lipinski definition) is 2. The summed E-state index contributed by atoms with van der Waals surface area (Å²) in [6.45, 7) is 4.31. The number of nitrogens with one attached hydrogen (secondary N) is 1. The van der Waals surface area contributed by atoms with Gasteiger partial charge < -0.3 is 9.94 Å². The predicted molar refractivity (Wildman–Crippen MR) is 50.6 cm³/mol. The van der Waals surface area contributed by atoms with Crippen molar-refractivity contribution < 1.29 is 24.3 Å². The lowest BCUT2D eigenvalue weighted by atomic mass is 9.83. The van der Waals surface area contributed by atoms with Gasteiger partial charge in [-0.15, -0.1) is 0 Å². The number of rotatable bonds is 4. The van der Waals surface area contributed by atoms with Crippen LogP contribution in [-0.4, -0.2) is 23.0 Å². The minimum Gasteiger partial charge on any atom is -0.480 e. The molecule has 0 radical (unpaired) electrons. The SMILES string of the molecule is CCC(CC)(C(=O)O)C(=O)ONC(C)=O. The van der Waals surface area contributed by atoms with E-state index in [-0.39, 0.29) is 12.8 Å². The Balaban J connectivity index is 4.70. The van der Waals surface area contributed by atoms with Crippen LogP contribution in [0.4, 0.5) is 0 Å². The maximum atomic E-state index is 11.5. The molecular weight excluding hydrogens is 202 g/mol. The number of hydrogen-bond acceptors (Lipinski definition) is 4. The Morgan fingerprint density at radius 1 is 1.27 bits per heavy atom. The Kier molecular flexibility index (Phi) is 4.77. The lowest BCUT2D eigenvalue weighted by Crippen LogP contribution is -2.42. The van der Waals surface area contributed by atoms with Gasteiger partial charge in [-0.05, 0) is 12.8 Å². The number of amides is 1. The summed E-state index contributed by atoms with van der Waals surface area (Å²) in [6, 6.07) is 0. The summed E-state index contributed by atoms with van der Waals surface area (Å²) in [5.41, 5.74) is 0.241. The molecule has 0 aromatic rings. The van der Waals surface area contributed by atoms with Crippen molar-refractivity contribution in [3.05, 3.63) is 0 Å². The lowest BCUT2D eigenvalue weighted by Gasteiger charge is -2.23. The summed E-state index contributed by atoms with van der Waals surface area (Å²) < 4.78 is 0.